The number of furan rings is 1. The molecule has 0 bridgehead atoms. The minimum Gasteiger partial charge on any atom is -0.467 e. The number of nitrogens with one attached hydrogen (secondary N) is 1. The molecule has 5 heteroatoms. The van der Waals surface area contributed by atoms with Crippen LogP contribution in [0.5, 0.6) is 0 Å². The Balaban J connectivity index is 1.75. The summed E-state index contributed by atoms with van der Waals surface area (Å²) < 4.78 is 7.19. The lowest BCUT2D eigenvalue weighted by molar-refractivity contribution is 0.474. The lowest BCUT2D eigenvalue weighted by Crippen LogP contribution is -2.08. The lowest BCUT2D eigenvalue weighted by Gasteiger charge is -2.16. The number of rotatable bonds is 5. The summed E-state index contributed by atoms with van der Waals surface area (Å²) in [4.78, 5) is 3.94. The third-order valence-corrected chi connectivity index (χ3v) is 3.19. The highest BCUT2D eigenvalue weighted by atomic mass is 16.3. The molecule has 0 saturated carbocycles. The topological polar surface area (TPSA) is 55.9 Å². The Morgan fingerprint density at radius 2 is 2.10 bits per heavy atom. The second kappa shape index (κ2) is 5.61. The van der Waals surface area contributed by atoms with Crippen molar-refractivity contribution in [2.24, 2.45) is 0 Å². The minimum absolute atomic E-state index is 0.183. The molecule has 0 radical (unpaired) electrons. The molecule has 20 heavy (non-hydrogen) atoms. The maximum atomic E-state index is 5.46. The Morgan fingerprint density at radius 3 is 2.70 bits per heavy atom. The van der Waals surface area contributed by atoms with Crippen molar-refractivity contribution in [1.82, 2.24) is 14.8 Å². The Morgan fingerprint density at radius 1 is 1.25 bits per heavy atom. The summed E-state index contributed by atoms with van der Waals surface area (Å²) in [6, 6.07) is 12.2. The van der Waals surface area contributed by atoms with E-state index in [1.54, 1.807) is 17.3 Å². The van der Waals surface area contributed by atoms with E-state index in [1.807, 2.05) is 36.4 Å². The van der Waals surface area contributed by atoms with Crippen LogP contribution >= 0.6 is 0 Å². The van der Waals surface area contributed by atoms with Crippen LogP contribution in [-0.2, 0) is 0 Å². The molecule has 0 spiro atoms. The summed E-state index contributed by atoms with van der Waals surface area (Å²) in [5.41, 5.74) is 2.04. The molecule has 3 rings (SSSR count). The fourth-order valence-electron chi connectivity index (χ4n) is 2.12. The molecule has 0 amide bonds. The van der Waals surface area contributed by atoms with Crippen LogP contribution in [0.25, 0.3) is 5.69 Å². The minimum atomic E-state index is 0.183. The molecule has 0 aliphatic heterocycles. The highest BCUT2D eigenvalue weighted by Gasteiger charge is 2.11. The first-order chi connectivity index (χ1) is 9.86. The van der Waals surface area contributed by atoms with E-state index in [9.17, 15) is 0 Å². The second-order valence-corrected chi connectivity index (χ2v) is 4.51. The van der Waals surface area contributed by atoms with Gasteiger partial charge in [-0.25, -0.2) is 9.67 Å². The molecule has 1 N–H and O–H groups in total. The number of hydrogen-bond donors (Lipinski definition) is 1. The van der Waals surface area contributed by atoms with Gasteiger partial charge in [0.05, 0.1) is 18.0 Å². The van der Waals surface area contributed by atoms with Crippen molar-refractivity contribution < 1.29 is 4.42 Å². The zero-order valence-electron chi connectivity index (χ0n) is 11.2. The number of aromatic nitrogens is 3. The summed E-state index contributed by atoms with van der Waals surface area (Å²) in [6.45, 7) is 2.13. The Hall–Kier alpha value is -2.56. The number of nitrogens with zero attached hydrogens (tertiary/aromatic N) is 3. The molecule has 1 unspecified atom stereocenters. The molecular weight excluding hydrogens is 252 g/mol. The van der Waals surface area contributed by atoms with Crippen LogP contribution in [0.15, 0.2) is 59.7 Å². The van der Waals surface area contributed by atoms with Gasteiger partial charge in [0, 0.05) is 5.69 Å². The van der Waals surface area contributed by atoms with Crippen LogP contribution < -0.4 is 5.32 Å². The maximum Gasteiger partial charge on any atom is 0.138 e. The van der Waals surface area contributed by atoms with Crippen molar-refractivity contribution in [2.75, 3.05) is 5.32 Å². The summed E-state index contributed by atoms with van der Waals surface area (Å²) in [5, 5.41) is 7.57. The van der Waals surface area contributed by atoms with Gasteiger partial charge in [-0.2, -0.15) is 5.10 Å². The van der Waals surface area contributed by atoms with Gasteiger partial charge in [0.25, 0.3) is 0 Å². The van der Waals surface area contributed by atoms with Gasteiger partial charge >= 0.3 is 0 Å². The normalized spacial score (nSPS) is 12.2. The van der Waals surface area contributed by atoms with Crippen LogP contribution in [0, 0.1) is 0 Å². The zero-order valence-corrected chi connectivity index (χ0v) is 11.2. The van der Waals surface area contributed by atoms with E-state index in [2.05, 4.69) is 22.3 Å². The first kappa shape index (κ1) is 12.5. The summed E-state index contributed by atoms with van der Waals surface area (Å²) in [6.07, 6.45) is 5.86. The molecule has 0 aliphatic rings. The number of hydrogen-bond acceptors (Lipinski definition) is 4. The summed E-state index contributed by atoms with van der Waals surface area (Å²) >= 11 is 0. The zero-order chi connectivity index (χ0) is 13.8. The highest BCUT2D eigenvalue weighted by molar-refractivity contribution is 5.49. The quantitative estimate of drug-likeness (QED) is 0.770. The van der Waals surface area contributed by atoms with E-state index in [-0.39, 0.29) is 6.04 Å². The van der Waals surface area contributed by atoms with Gasteiger partial charge in [-0.3, -0.25) is 0 Å². The van der Waals surface area contributed by atoms with E-state index < -0.39 is 0 Å². The monoisotopic (exact) mass is 268 g/mol. The molecule has 2 heterocycles. The van der Waals surface area contributed by atoms with Gasteiger partial charge < -0.3 is 9.73 Å². The van der Waals surface area contributed by atoms with Crippen LogP contribution in [0.1, 0.15) is 25.1 Å². The number of benzene rings is 1. The standard InChI is InChI=1S/C15H16N4O/c1-2-14(15-4-3-9-20-15)18-12-5-7-13(8-6-12)19-11-16-10-17-19/h3-11,14,18H,2H2,1H3. The molecule has 5 nitrogen and oxygen atoms in total. The average molecular weight is 268 g/mol. The smallest absolute Gasteiger partial charge is 0.138 e. The molecular formula is C15H16N4O. The third-order valence-electron chi connectivity index (χ3n) is 3.19. The molecule has 1 atom stereocenters. The molecule has 0 saturated heterocycles. The predicted octanol–water partition coefficient (Wildman–Crippen LogP) is 3.42. The molecule has 1 aromatic carbocycles. The van der Waals surface area contributed by atoms with E-state index in [1.165, 1.54) is 6.33 Å². The average Bonchev–Trinajstić information content (AvgIpc) is 3.18. The van der Waals surface area contributed by atoms with Crippen LogP contribution in [-0.4, -0.2) is 14.8 Å². The van der Waals surface area contributed by atoms with Crippen molar-refractivity contribution in [3.05, 3.63) is 61.1 Å². The maximum absolute atomic E-state index is 5.46. The van der Waals surface area contributed by atoms with Crippen LogP contribution in [0.2, 0.25) is 0 Å². The van der Waals surface area contributed by atoms with Gasteiger partial charge in [0.1, 0.15) is 18.4 Å². The molecule has 0 aliphatic carbocycles. The van der Waals surface area contributed by atoms with Gasteiger partial charge in [0.15, 0.2) is 0 Å². The van der Waals surface area contributed by atoms with Gasteiger partial charge in [-0.05, 0) is 42.8 Å². The summed E-state index contributed by atoms with van der Waals surface area (Å²) in [5.74, 6) is 0.952. The SMILES string of the molecule is CCC(Nc1ccc(-n2cncn2)cc1)c1ccco1. The first-order valence-electron chi connectivity index (χ1n) is 6.62. The van der Waals surface area contributed by atoms with E-state index >= 15 is 0 Å². The fourth-order valence-corrected chi connectivity index (χ4v) is 2.12. The van der Waals surface area contributed by atoms with Gasteiger partial charge in [-0.1, -0.05) is 6.92 Å². The van der Waals surface area contributed by atoms with Crippen molar-refractivity contribution >= 4 is 5.69 Å². The highest BCUT2D eigenvalue weighted by Crippen LogP contribution is 2.23. The van der Waals surface area contributed by atoms with Crippen molar-refractivity contribution in [3.8, 4) is 5.69 Å². The second-order valence-electron chi connectivity index (χ2n) is 4.51. The molecule has 0 fully saturated rings. The first-order valence-corrected chi connectivity index (χ1v) is 6.62. The largest absolute Gasteiger partial charge is 0.467 e. The van der Waals surface area contributed by atoms with Gasteiger partial charge in [0.2, 0.25) is 0 Å². The Kier molecular flexibility index (Phi) is 3.50. The fraction of sp³-hybridized carbons (Fsp3) is 0.200. The van der Waals surface area contributed by atoms with E-state index in [0.717, 1.165) is 23.6 Å². The summed E-state index contributed by atoms with van der Waals surface area (Å²) in [7, 11) is 0. The third kappa shape index (κ3) is 2.56. The van der Waals surface area contributed by atoms with E-state index in [0.29, 0.717) is 0 Å². The van der Waals surface area contributed by atoms with Crippen molar-refractivity contribution in [1.29, 1.82) is 0 Å². The van der Waals surface area contributed by atoms with Gasteiger partial charge in [-0.15, -0.1) is 0 Å². The van der Waals surface area contributed by atoms with Crippen molar-refractivity contribution in [2.45, 2.75) is 19.4 Å². The predicted molar refractivity (Wildman–Crippen MR) is 76.7 cm³/mol. The lowest BCUT2D eigenvalue weighted by atomic mass is 10.1. The molecule has 2 aromatic heterocycles. The van der Waals surface area contributed by atoms with Crippen LogP contribution in [0.3, 0.4) is 0 Å². The molecule has 102 valence electrons. The van der Waals surface area contributed by atoms with E-state index in [4.69, 9.17) is 4.42 Å². The Bertz CT molecular complexity index is 629. The molecule has 3 aromatic rings. The Labute approximate surface area is 117 Å². The van der Waals surface area contributed by atoms with Crippen molar-refractivity contribution in [3.63, 3.8) is 0 Å². The number of anilines is 1. The van der Waals surface area contributed by atoms with Crippen LogP contribution in [0.4, 0.5) is 5.69 Å².